The third-order valence-corrected chi connectivity index (χ3v) is 11.8. The van der Waals surface area contributed by atoms with Gasteiger partial charge in [0.1, 0.15) is 46.5 Å². The average Bonchev–Trinajstić information content (AvgIpc) is 4.03. The molecule has 3 aromatic rings. The van der Waals surface area contributed by atoms with Crippen molar-refractivity contribution in [3.8, 4) is 16.9 Å². The van der Waals surface area contributed by atoms with E-state index in [0.717, 1.165) is 28.9 Å². The number of aryl methyl sites for hydroxylation is 1. The Morgan fingerprint density at radius 2 is 1.51 bits per heavy atom. The molecule has 2 aliphatic heterocycles. The number of rotatable bonds is 19. The van der Waals surface area contributed by atoms with Crippen LogP contribution in [0.15, 0.2) is 47.2 Å². The molecule has 3 atom stereocenters. The number of carbonyl (C=O) groups is 6. The van der Waals surface area contributed by atoms with Gasteiger partial charge in [-0.05, 0) is 127 Å². The molecule has 2 saturated heterocycles. The second-order valence-corrected chi connectivity index (χ2v) is 24.5. The van der Waals surface area contributed by atoms with Gasteiger partial charge in [-0.1, -0.05) is 17.3 Å². The smallest absolute Gasteiger partial charge is 0.418 e. The van der Waals surface area contributed by atoms with Crippen molar-refractivity contribution >= 4 is 68.6 Å². The molecule has 27 heteroatoms. The predicted octanol–water partition coefficient (Wildman–Crippen LogP) is 5.77. The zero-order valence-corrected chi connectivity index (χ0v) is 47.1. The average molecular weight is 1110 g/mol. The number of hydrogen-bond acceptors (Lipinski definition) is 18. The number of nitrogens with zero attached hydrogens (tertiary/aromatic N) is 6. The molecule has 0 radical (unpaired) electrons. The zero-order valence-electron chi connectivity index (χ0n) is 45.5. The van der Waals surface area contributed by atoms with E-state index in [2.05, 4.69) is 39.7 Å². The van der Waals surface area contributed by atoms with Crippen LogP contribution in [0.3, 0.4) is 0 Å². The number of hydrogen-bond donors (Lipinski definition) is 4. The molecule has 25 nitrogen and oxygen atoms in total. The van der Waals surface area contributed by atoms with Gasteiger partial charge in [0.15, 0.2) is 17.4 Å². The molecule has 1 unspecified atom stereocenters. The highest BCUT2D eigenvalue weighted by Gasteiger charge is 2.58. The van der Waals surface area contributed by atoms with Gasteiger partial charge >= 0.3 is 34.6 Å². The topological polar surface area (TPSA) is 298 Å². The quantitative estimate of drug-likeness (QED) is 0.0162. The van der Waals surface area contributed by atoms with E-state index in [4.69, 9.17) is 28.5 Å². The first-order valence-corrected chi connectivity index (χ1v) is 26.7. The maximum atomic E-state index is 14.0. The molecule has 2 fully saturated rings. The van der Waals surface area contributed by atoms with E-state index in [0.29, 0.717) is 50.0 Å². The van der Waals surface area contributed by atoms with Crippen molar-refractivity contribution in [1.82, 2.24) is 30.3 Å². The molecular formula is C49H72N9O16S2+. The summed E-state index contributed by atoms with van der Waals surface area (Å²) in [6.07, 6.45) is 2.06. The van der Waals surface area contributed by atoms with Crippen LogP contribution >= 0.6 is 11.3 Å². The Balaban J connectivity index is 1.37. The number of oxime groups is 1. The fourth-order valence-electron chi connectivity index (χ4n) is 7.48. The van der Waals surface area contributed by atoms with Gasteiger partial charge in [-0.15, -0.1) is 20.3 Å². The van der Waals surface area contributed by atoms with E-state index < -0.39 is 92.8 Å². The first kappa shape index (κ1) is 60.3. The molecule has 5 amide bonds. The van der Waals surface area contributed by atoms with Crippen molar-refractivity contribution in [2.45, 2.75) is 163 Å². The number of anilines is 1. The number of likely N-dealkylation sites (tertiary alicyclic amines) is 1. The normalized spacial score (nSPS) is 17.5. The van der Waals surface area contributed by atoms with Crippen LogP contribution in [-0.2, 0) is 65.9 Å². The summed E-state index contributed by atoms with van der Waals surface area (Å²) in [5.41, 5.74) is -3.71. The van der Waals surface area contributed by atoms with Crippen LogP contribution in [0.4, 0.5) is 19.5 Å². The van der Waals surface area contributed by atoms with E-state index in [1.54, 1.807) is 79.3 Å². The van der Waals surface area contributed by atoms with Gasteiger partial charge in [0.25, 0.3) is 17.9 Å². The number of aromatic nitrogens is 3. The van der Waals surface area contributed by atoms with Crippen LogP contribution in [0.1, 0.15) is 115 Å². The molecule has 420 valence electrons. The Bertz CT molecular complexity index is 2730. The third kappa shape index (κ3) is 18.3. The fourth-order valence-corrected chi connectivity index (χ4v) is 8.62. The van der Waals surface area contributed by atoms with Gasteiger partial charge < -0.3 is 44.1 Å². The van der Waals surface area contributed by atoms with Gasteiger partial charge in [-0.2, -0.15) is 18.2 Å². The molecule has 2 aromatic heterocycles. The molecule has 0 aliphatic carbocycles. The zero-order chi connectivity index (χ0) is 56.8. The van der Waals surface area contributed by atoms with Gasteiger partial charge in [0.05, 0.1) is 23.8 Å². The number of nitrogens with one attached hydrogen (secondary N) is 3. The largest absolute Gasteiger partial charge is 0.489 e. The second kappa shape index (κ2) is 23.8. The molecule has 76 heavy (non-hydrogen) atoms. The summed E-state index contributed by atoms with van der Waals surface area (Å²) in [5.74, 6) is -2.58. The standard InChI is InChI=1S/C49H71N9O16S2/c1-45(2,3)69-40(61)35(73-54-36(34-29-75-41(51-34)53-43(63)71-47(7,8)9)38(59)52-37-39(60)58(49(37,13)14)74-76(65,66)67)28-68-33-18-16-31(17-19-33)32-26-56(22-15-21-50-42(62)70-46(4,5)6)57(27-32)25-30-20-23-55(24-30)44(64)72-48(10,11)12/h16-19,26-27,29-30,35,37H,15,20-25,28H2,1-14H3,(H3-,50,51,52,53,59,62,63,65,66,67)/p+1/b54-36-/t30-,35?,37-/m1/s1. The van der Waals surface area contributed by atoms with Crippen molar-refractivity contribution < 1.29 is 79.2 Å². The van der Waals surface area contributed by atoms with Crippen LogP contribution in [0.2, 0.25) is 0 Å². The molecule has 4 heterocycles. The van der Waals surface area contributed by atoms with Crippen molar-refractivity contribution in [2.24, 2.45) is 11.1 Å². The Hall–Kier alpha value is -6.58. The molecule has 1 aromatic carbocycles. The van der Waals surface area contributed by atoms with Gasteiger partial charge in [0, 0.05) is 30.9 Å². The SMILES string of the molecule is CC(C)(C)OC(=O)NCCCn1cc(-c2ccc(OCC(O/N=C(\C(=O)N[C@@H]3C(=O)N(OS(=O)(=O)O)C3(C)C)c3csc(NC(=O)OC(C)(C)C)n3)C(=O)OC(C)(C)C)cc2)c[n+]1C[C@@H]1CCN(C(=O)OC(C)(C)C)C1. The first-order valence-electron chi connectivity index (χ1n) is 24.5. The highest BCUT2D eigenvalue weighted by molar-refractivity contribution is 7.80. The predicted molar refractivity (Wildman–Crippen MR) is 275 cm³/mol. The lowest BCUT2D eigenvalue weighted by Crippen LogP contribution is -2.76. The minimum absolute atomic E-state index is 0.0209. The number of β-lactam (4-membered cyclic amide) rings is 1. The minimum atomic E-state index is -5.11. The number of amides is 5. The van der Waals surface area contributed by atoms with Gasteiger partial charge in [-0.3, -0.25) is 19.5 Å². The summed E-state index contributed by atoms with van der Waals surface area (Å²) in [4.78, 5) is 90.2. The Morgan fingerprint density at radius 3 is 2.11 bits per heavy atom. The second-order valence-electron chi connectivity index (χ2n) is 22.6. The van der Waals surface area contributed by atoms with E-state index >= 15 is 0 Å². The maximum absolute atomic E-state index is 14.0. The number of thiazole rings is 1. The number of hydroxylamine groups is 2. The summed E-state index contributed by atoms with van der Waals surface area (Å²) >= 11 is 0.885. The molecule has 2 aliphatic rings. The van der Waals surface area contributed by atoms with E-state index in [9.17, 15) is 41.7 Å². The highest BCUT2D eigenvalue weighted by atomic mass is 32.3. The maximum Gasteiger partial charge on any atom is 0.418 e. The lowest BCUT2D eigenvalue weighted by Gasteiger charge is -2.50. The number of alkyl carbamates (subject to hydrolysis) is 1. The number of ether oxygens (including phenoxy) is 5. The summed E-state index contributed by atoms with van der Waals surface area (Å²) in [5, 5.41) is 13.4. The van der Waals surface area contributed by atoms with Gasteiger partial charge in [0.2, 0.25) is 6.20 Å². The van der Waals surface area contributed by atoms with Crippen molar-refractivity contribution in [2.75, 3.05) is 31.6 Å². The van der Waals surface area contributed by atoms with Gasteiger partial charge in [-0.25, -0.2) is 24.2 Å². The molecule has 0 saturated carbocycles. The monoisotopic (exact) mass is 1110 g/mol. The van der Waals surface area contributed by atoms with E-state index in [-0.39, 0.29) is 22.8 Å². The van der Waals surface area contributed by atoms with Crippen molar-refractivity contribution in [3.05, 3.63) is 47.7 Å². The summed E-state index contributed by atoms with van der Waals surface area (Å²) in [6.45, 7) is 25.6. The first-order chi connectivity index (χ1) is 34.9. The molecule has 4 N–H and O–H groups in total. The number of benzene rings is 1. The number of carbonyl (C=O) groups excluding carboxylic acids is 6. The highest BCUT2D eigenvalue weighted by Crippen LogP contribution is 2.33. The van der Waals surface area contributed by atoms with Crippen LogP contribution in [-0.4, -0.2) is 141 Å². The van der Waals surface area contributed by atoms with Crippen molar-refractivity contribution in [3.63, 3.8) is 0 Å². The summed E-state index contributed by atoms with van der Waals surface area (Å²) in [6, 6.07) is 5.60. The Kier molecular flexibility index (Phi) is 18.8. The minimum Gasteiger partial charge on any atom is -0.489 e. The summed E-state index contributed by atoms with van der Waals surface area (Å²) in [7, 11) is -5.11. The lowest BCUT2D eigenvalue weighted by atomic mass is 9.84. The molecule has 0 bridgehead atoms. The summed E-state index contributed by atoms with van der Waals surface area (Å²) < 4.78 is 68.6. The Labute approximate surface area is 446 Å². The molecular weight excluding hydrogens is 1030 g/mol. The van der Waals surface area contributed by atoms with Crippen LogP contribution in [0.5, 0.6) is 5.75 Å². The van der Waals surface area contributed by atoms with Crippen LogP contribution in [0, 0.1) is 5.92 Å². The van der Waals surface area contributed by atoms with Crippen LogP contribution in [0.25, 0.3) is 11.1 Å². The number of esters is 1. The van der Waals surface area contributed by atoms with Crippen LogP contribution < -0.4 is 25.4 Å². The van der Waals surface area contributed by atoms with E-state index in [1.807, 2.05) is 45.3 Å². The Morgan fingerprint density at radius 1 is 0.895 bits per heavy atom. The molecule has 0 spiro atoms. The van der Waals surface area contributed by atoms with E-state index in [1.165, 1.54) is 19.2 Å². The molecule has 5 rings (SSSR count). The fraction of sp³-hybridized carbons (Fsp3) is 0.612. The van der Waals surface area contributed by atoms with Crippen molar-refractivity contribution in [1.29, 1.82) is 0 Å². The third-order valence-electron chi connectivity index (χ3n) is 10.7. The lowest BCUT2D eigenvalue weighted by molar-refractivity contribution is -0.780.